The number of phenols is 1. The standard InChI is InChI=1S/C13H18FNO2/c1-8(2)15(9(3)4)13(17)12-10(14)6-5-7-11(12)16/h5-9,16H,1-4H3. The average molecular weight is 239 g/mol. The minimum absolute atomic E-state index is 0.0542. The van der Waals surface area contributed by atoms with E-state index in [0.29, 0.717) is 0 Å². The number of benzene rings is 1. The third-order valence-corrected chi connectivity index (χ3v) is 2.55. The van der Waals surface area contributed by atoms with Crippen molar-refractivity contribution in [3.63, 3.8) is 0 Å². The topological polar surface area (TPSA) is 40.5 Å². The average Bonchev–Trinajstić information content (AvgIpc) is 2.15. The molecule has 3 nitrogen and oxygen atoms in total. The van der Waals surface area contributed by atoms with Gasteiger partial charge in [0.25, 0.3) is 5.91 Å². The van der Waals surface area contributed by atoms with Crippen LogP contribution in [-0.2, 0) is 0 Å². The normalized spacial score (nSPS) is 11.0. The van der Waals surface area contributed by atoms with Crippen LogP contribution in [0.25, 0.3) is 0 Å². The Balaban J connectivity index is 3.19. The summed E-state index contributed by atoms with van der Waals surface area (Å²) in [5.41, 5.74) is -0.255. The van der Waals surface area contributed by atoms with E-state index < -0.39 is 11.7 Å². The lowest BCUT2D eigenvalue weighted by Gasteiger charge is -2.31. The van der Waals surface area contributed by atoms with E-state index in [1.54, 1.807) is 0 Å². The van der Waals surface area contributed by atoms with Crippen molar-refractivity contribution in [3.8, 4) is 5.75 Å². The predicted molar refractivity (Wildman–Crippen MR) is 64.5 cm³/mol. The summed E-state index contributed by atoms with van der Waals surface area (Å²) in [6.45, 7) is 7.43. The van der Waals surface area contributed by atoms with Crippen molar-refractivity contribution in [1.29, 1.82) is 0 Å². The first-order chi connectivity index (χ1) is 7.86. The van der Waals surface area contributed by atoms with Crippen LogP contribution >= 0.6 is 0 Å². The lowest BCUT2D eigenvalue weighted by Crippen LogP contribution is -2.42. The largest absolute Gasteiger partial charge is 0.507 e. The Morgan fingerprint density at radius 2 is 1.76 bits per heavy atom. The highest BCUT2D eigenvalue weighted by Crippen LogP contribution is 2.23. The molecule has 0 unspecified atom stereocenters. The molecule has 0 aliphatic heterocycles. The molecule has 1 aromatic rings. The van der Waals surface area contributed by atoms with Crippen LogP contribution in [-0.4, -0.2) is 28.0 Å². The molecule has 0 fully saturated rings. The van der Waals surface area contributed by atoms with Crippen LogP contribution in [0.1, 0.15) is 38.1 Å². The number of carbonyl (C=O) groups excluding carboxylic acids is 1. The minimum atomic E-state index is -0.693. The van der Waals surface area contributed by atoms with E-state index in [9.17, 15) is 14.3 Å². The molecule has 0 radical (unpaired) electrons. The first-order valence-corrected chi connectivity index (χ1v) is 5.66. The van der Waals surface area contributed by atoms with Gasteiger partial charge in [0.05, 0.1) is 0 Å². The maximum absolute atomic E-state index is 13.6. The van der Waals surface area contributed by atoms with Gasteiger partial charge in [-0.25, -0.2) is 4.39 Å². The van der Waals surface area contributed by atoms with Crippen LogP contribution in [0.5, 0.6) is 5.75 Å². The molecule has 1 aromatic carbocycles. The highest BCUT2D eigenvalue weighted by atomic mass is 19.1. The van der Waals surface area contributed by atoms with Crippen LogP contribution < -0.4 is 0 Å². The molecule has 1 rings (SSSR count). The lowest BCUT2D eigenvalue weighted by atomic mass is 10.1. The smallest absolute Gasteiger partial charge is 0.261 e. The van der Waals surface area contributed by atoms with E-state index in [2.05, 4.69) is 0 Å². The molecular weight excluding hydrogens is 221 g/mol. The fourth-order valence-corrected chi connectivity index (χ4v) is 1.92. The van der Waals surface area contributed by atoms with Crippen molar-refractivity contribution in [2.75, 3.05) is 0 Å². The van der Waals surface area contributed by atoms with E-state index in [-0.39, 0.29) is 23.4 Å². The van der Waals surface area contributed by atoms with Gasteiger partial charge in [-0.15, -0.1) is 0 Å². The van der Waals surface area contributed by atoms with Crippen molar-refractivity contribution in [3.05, 3.63) is 29.6 Å². The highest BCUT2D eigenvalue weighted by molar-refractivity contribution is 5.97. The molecule has 0 atom stereocenters. The highest BCUT2D eigenvalue weighted by Gasteiger charge is 2.26. The molecule has 0 saturated heterocycles. The maximum Gasteiger partial charge on any atom is 0.261 e. The molecular formula is C13H18FNO2. The number of nitrogens with zero attached hydrogens (tertiary/aromatic N) is 1. The summed E-state index contributed by atoms with van der Waals surface area (Å²) in [4.78, 5) is 13.7. The molecule has 17 heavy (non-hydrogen) atoms. The van der Waals surface area contributed by atoms with Gasteiger partial charge in [0, 0.05) is 12.1 Å². The van der Waals surface area contributed by atoms with Crippen molar-refractivity contribution in [2.45, 2.75) is 39.8 Å². The molecule has 0 heterocycles. The first-order valence-electron chi connectivity index (χ1n) is 5.66. The van der Waals surface area contributed by atoms with Gasteiger partial charge in [-0.1, -0.05) is 6.07 Å². The van der Waals surface area contributed by atoms with Crippen LogP contribution in [0.4, 0.5) is 4.39 Å². The number of carbonyl (C=O) groups is 1. The number of phenolic OH excluding ortho intramolecular Hbond substituents is 1. The molecule has 0 aliphatic rings. The van der Waals surface area contributed by atoms with Crippen LogP contribution in [0.15, 0.2) is 18.2 Å². The van der Waals surface area contributed by atoms with Crippen LogP contribution in [0, 0.1) is 5.82 Å². The summed E-state index contributed by atoms with van der Waals surface area (Å²) in [5, 5.41) is 9.59. The lowest BCUT2D eigenvalue weighted by molar-refractivity contribution is 0.0635. The zero-order valence-electron chi connectivity index (χ0n) is 10.6. The number of halogens is 1. The summed E-state index contributed by atoms with van der Waals surface area (Å²) in [5.74, 6) is -1.49. The molecule has 1 N–H and O–H groups in total. The Kier molecular flexibility index (Phi) is 4.10. The number of aromatic hydroxyl groups is 1. The van der Waals surface area contributed by atoms with E-state index in [1.165, 1.54) is 23.1 Å². The molecule has 4 heteroatoms. The number of amides is 1. The number of hydrogen-bond acceptors (Lipinski definition) is 2. The fourth-order valence-electron chi connectivity index (χ4n) is 1.92. The second-order valence-electron chi connectivity index (χ2n) is 4.53. The second-order valence-corrected chi connectivity index (χ2v) is 4.53. The molecule has 0 spiro atoms. The summed E-state index contributed by atoms with van der Waals surface area (Å²) in [6, 6.07) is 3.75. The van der Waals surface area contributed by atoms with Gasteiger partial charge >= 0.3 is 0 Å². The zero-order chi connectivity index (χ0) is 13.2. The molecule has 1 amide bonds. The summed E-state index contributed by atoms with van der Waals surface area (Å²) in [7, 11) is 0. The van der Waals surface area contributed by atoms with Crippen LogP contribution in [0.2, 0.25) is 0 Å². The van der Waals surface area contributed by atoms with Gasteiger partial charge in [0.15, 0.2) is 0 Å². The Morgan fingerprint density at radius 1 is 1.24 bits per heavy atom. The van der Waals surface area contributed by atoms with Gasteiger partial charge in [-0.2, -0.15) is 0 Å². The van der Waals surface area contributed by atoms with Gasteiger partial charge in [0.2, 0.25) is 0 Å². The Bertz CT molecular complexity index is 388. The third kappa shape index (κ3) is 2.75. The van der Waals surface area contributed by atoms with Crippen molar-refractivity contribution in [1.82, 2.24) is 4.90 Å². The van der Waals surface area contributed by atoms with E-state index in [4.69, 9.17) is 0 Å². The predicted octanol–water partition coefficient (Wildman–Crippen LogP) is 2.79. The van der Waals surface area contributed by atoms with Gasteiger partial charge in [-0.3, -0.25) is 4.79 Å². The molecule has 94 valence electrons. The fraction of sp³-hybridized carbons (Fsp3) is 0.462. The first kappa shape index (κ1) is 13.5. The number of rotatable bonds is 3. The summed E-state index contributed by atoms with van der Waals surface area (Å²) in [6.07, 6.45) is 0. The molecule has 0 saturated carbocycles. The zero-order valence-corrected chi connectivity index (χ0v) is 10.6. The Hall–Kier alpha value is -1.58. The molecule has 0 aromatic heterocycles. The van der Waals surface area contributed by atoms with Crippen molar-refractivity contribution >= 4 is 5.91 Å². The monoisotopic (exact) mass is 239 g/mol. The van der Waals surface area contributed by atoms with Gasteiger partial charge in [-0.05, 0) is 39.8 Å². The van der Waals surface area contributed by atoms with Gasteiger partial charge < -0.3 is 10.0 Å². The summed E-state index contributed by atoms with van der Waals surface area (Å²) < 4.78 is 13.6. The summed E-state index contributed by atoms with van der Waals surface area (Å²) >= 11 is 0. The van der Waals surface area contributed by atoms with E-state index >= 15 is 0 Å². The third-order valence-electron chi connectivity index (χ3n) is 2.55. The van der Waals surface area contributed by atoms with Gasteiger partial charge in [0.1, 0.15) is 17.1 Å². The second kappa shape index (κ2) is 5.17. The molecule has 0 aliphatic carbocycles. The molecule has 0 bridgehead atoms. The minimum Gasteiger partial charge on any atom is -0.507 e. The SMILES string of the molecule is CC(C)N(C(=O)c1c(O)cccc1F)C(C)C. The van der Waals surface area contributed by atoms with Crippen molar-refractivity contribution < 1.29 is 14.3 Å². The Labute approximate surface area is 101 Å². The number of hydrogen-bond donors (Lipinski definition) is 1. The van der Waals surface area contributed by atoms with E-state index in [0.717, 1.165) is 0 Å². The van der Waals surface area contributed by atoms with E-state index in [1.807, 2.05) is 27.7 Å². The maximum atomic E-state index is 13.6. The quantitative estimate of drug-likeness (QED) is 0.881. The Morgan fingerprint density at radius 3 is 2.18 bits per heavy atom. The van der Waals surface area contributed by atoms with Crippen molar-refractivity contribution in [2.24, 2.45) is 0 Å². The van der Waals surface area contributed by atoms with Crippen LogP contribution in [0.3, 0.4) is 0 Å².